The average Bonchev–Trinajstić information content (AvgIpc) is 2.45. The summed E-state index contributed by atoms with van der Waals surface area (Å²) in [5.74, 6) is -0.474. The molecule has 7 heteroatoms. The molecular formula is C14H21ClN2O4. The maximum absolute atomic E-state index is 11.9. The molecule has 118 valence electrons. The van der Waals surface area contributed by atoms with Crippen LogP contribution in [0.15, 0.2) is 30.3 Å². The molecule has 0 aliphatic carbocycles. The molecule has 1 aromatic carbocycles. The second-order valence-corrected chi connectivity index (χ2v) is 4.06. The van der Waals surface area contributed by atoms with Crippen molar-refractivity contribution in [1.29, 1.82) is 0 Å². The van der Waals surface area contributed by atoms with Crippen LogP contribution in [-0.2, 0) is 20.9 Å². The van der Waals surface area contributed by atoms with Gasteiger partial charge >= 0.3 is 12.1 Å². The summed E-state index contributed by atoms with van der Waals surface area (Å²) in [6, 6.07) is 9.31. The zero-order valence-corrected chi connectivity index (χ0v) is 12.8. The molecule has 2 N–H and O–H groups in total. The highest BCUT2D eigenvalue weighted by Crippen LogP contribution is 2.03. The number of hydrogen-bond donors (Lipinski definition) is 1. The van der Waals surface area contributed by atoms with E-state index in [-0.39, 0.29) is 45.3 Å². The third-order valence-electron chi connectivity index (χ3n) is 2.49. The van der Waals surface area contributed by atoms with Crippen LogP contribution in [0.1, 0.15) is 12.5 Å². The smallest absolute Gasteiger partial charge is 0.410 e. The van der Waals surface area contributed by atoms with Crippen molar-refractivity contribution in [1.82, 2.24) is 4.90 Å². The van der Waals surface area contributed by atoms with Gasteiger partial charge in [0.25, 0.3) is 0 Å². The Bertz CT molecular complexity index is 428. The van der Waals surface area contributed by atoms with Gasteiger partial charge in [-0.1, -0.05) is 30.3 Å². The van der Waals surface area contributed by atoms with Crippen molar-refractivity contribution in [2.24, 2.45) is 5.73 Å². The molecule has 0 saturated heterocycles. The van der Waals surface area contributed by atoms with Crippen LogP contribution in [0.2, 0.25) is 0 Å². The molecule has 0 aliphatic rings. The number of hydrogen-bond acceptors (Lipinski definition) is 5. The van der Waals surface area contributed by atoms with Crippen LogP contribution < -0.4 is 5.73 Å². The van der Waals surface area contributed by atoms with Crippen LogP contribution in [0.5, 0.6) is 0 Å². The van der Waals surface area contributed by atoms with E-state index in [0.717, 1.165) is 5.56 Å². The molecule has 6 nitrogen and oxygen atoms in total. The first kappa shape index (κ1) is 19.2. The predicted octanol–water partition coefficient (Wildman–Crippen LogP) is 1.57. The highest BCUT2D eigenvalue weighted by molar-refractivity contribution is 5.85. The van der Waals surface area contributed by atoms with Crippen LogP contribution >= 0.6 is 12.4 Å². The van der Waals surface area contributed by atoms with Crippen molar-refractivity contribution in [3.8, 4) is 0 Å². The Morgan fingerprint density at radius 2 is 1.86 bits per heavy atom. The van der Waals surface area contributed by atoms with Gasteiger partial charge < -0.3 is 15.2 Å². The quantitative estimate of drug-likeness (QED) is 0.772. The van der Waals surface area contributed by atoms with Gasteiger partial charge in [0.15, 0.2) is 0 Å². The molecule has 0 unspecified atom stereocenters. The van der Waals surface area contributed by atoms with E-state index >= 15 is 0 Å². The Morgan fingerprint density at radius 1 is 1.19 bits per heavy atom. The minimum absolute atomic E-state index is 0. The van der Waals surface area contributed by atoms with E-state index in [1.54, 1.807) is 6.92 Å². The molecule has 21 heavy (non-hydrogen) atoms. The third-order valence-corrected chi connectivity index (χ3v) is 2.49. The van der Waals surface area contributed by atoms with Gasteiger partial charge in [-0.15, -0.1) is 12.4 Å². The van der Waals surface area contributed by atoms with Crippen molar-refractivity contribution < 1.29 is 19.1 Å². The fourth-order valence-electron chi connectivity index (χ4n) is 1.56. The summed E-state index contributed by atoms with van der Waals surface area (Å²) in [6.45, 7) is 2.47. The second-order valence-electron chi connectivity index (χ2n) is 4.06. The molecule has 0 heterocycles. The number of nitrogens with two attached hydrogens (primary N) is 1. The Labute approximate surface area is 130 Å². The van der Waals surface area contributed by atoms with Crippen molar-refractivity contribution in [2.75, 3.05) is 26.2 Å². The molecule has 1 amide bonds. The van der Waals surface area contributed by atoms with Gasteiger partial charge in [0.2, 0.25) is 0 Å². The molecule has 1 rings (SSSR count). The van der Waals surface area contributed by atoms with Crippen LogP contribution in [0, 0.1) is 0 Å². The summed E-state index contributed by atoms with van der Waals surface area (Å²) in [5, 5.41) is 0. The van der Waals surface area contributed by atoms with E-state index in [0.29, 0.717) is 0 Å². The lowest BCUT2D eigenvalue weighted by Gasteiger charge is -2.20. The molecular weight excluding hydrogens is 296 g/mol. The number of nitrogens with zero attached hydrogens (tertiary/aromatic N) is 1. The zero-order chi connectivity index (χ0) is 14.8. The summed E-state index contributed by atoms with van der Waals surface area (Å²) in [7, 11) is 0. The highest BCUT2D eigenvalue weighted by atomic mass is 35.5. The molecule has 0 aliphatic heterocycles. The molecule has 0 spiro atoms. The summed E-state index contributed by atoms with van der Waals surface area (Å²) in [5.41, 5.74) is 6.30. The number of esters is 1. The summed E-state index contributed by atoms with van der Waals surface area (Å²) < 4.78 is 9.95. The van der Waals surface area contributed by atoms with Crippen molar-refractivity contribution in [3.05, 3.63) is 35.9 Å². The van der Waals surface area contributed by atoms with Gasteiger partial charge in [0, 0.05) is 13.1 Å². The fourth-order valence-corrected chi connectivity index (χ4v) is 1.56. The van der Waals surface area contributed by atoms with Crippen molar-refractivity contribution in [3.63, 3.8) is 0 Å². The van der Waals surface area contributed by atoms with E-state index in [1.165, 1.54) is 4.90 Å². The SMILES string of the molecule is CCOC(=O)CN(CCN)C(=O)OCc1ccccc1.Cl. The van der Waals surface area contributed by atoms with E-state index in [4.69, 9.17) is 15.2 Å². The van der Waals surface area contributed by atoms with Gasteiger partial charge in [-0.2, -0.15) is 0 Å². The lowest BCUT2D eigenvalue weighted by molar-refractivity contribution is -0.144. The minimum atomic E-state index is -0.577. The number of rotatable bonds is 7. The first-order valence-electron chi connectivity index (χ1n) is 6.48. The van der Waals surface area contributed by atoms with Crippen molar-refractivity contribution >= 4 is 24.5 Å². The maximum Gasteiger partial charge on any atom is 0.410 e. The Hall–Kier alpha value is -1.79. The molecule has 1 aromatic rings. The standard InChI is InChI=1S/C14H20N2O4.ClH/c1-2-19-13(17)10-16(9-8-15)14(18)20-11-12-6-4-3-5-7-12;/h3-7H,2,8-11,15H2,1H3;1H. The second kappa shape index (κ2) is 10.9. The molecule has 0 bridgehead atoms. The number of amides is 1. The molecule has 0 saturated carbocycles. The molecule has 0 aromatic heterocycles. The number of halogens is 1. The number of carbonyl (C=O) groups excluding carboxylic acids is 2. The van der Waals surface area contributed by atoms with E-state index in [1.807, 2.05) is 30.3 Å². The number of carbonyl (C=O) groups is 2. The monoisotopic (exact) mass is 316 g/mol. The number of benzene rings is 1. The van der Waals surface area contributed by atoms with Crippen LogP contribution in [0.25, 0.3) is 0 Å². The van der Waals surface area contributed by atoms with Gasteiger partial charge in [-0.3, -0.25) is 9.69 Å². The first-order chi connectivity index (χ1) is 9.67. The van der Waals surface area contributed by atoms with Gasteiger partial charge in [-0.25, -0.2) is 4.79 Å². The fraction of sp³-hybridized carbons (Fsp3) is 0.429. The zero-order valence-electron chi connectivity index (χ0n) is 12.0. The Kier molecular flexibility index (Phi) is 10.0. The van der Waals surface area contributed by atoms with Gasteiger partial charge in [0.05, 0.1) is 6.61 Å². The summed E-state index contributed by atoms with van der Waals surface area (Å²) in [6.07, 6.45) is -0.577. The lowest BCUT2D eigenvalue weighted by Crippen LogP contribution is -2.40. The molecule has 0 fully saturated rings. The Morgan fingerprint density at radius 3 is 2.43 bits per heavy atom. The lowest BCUT2D eigenvalue weighted by atomic mass is 10.2. The van der Waals surface area contributed by atoms with Crippen LogP contribution in [-0.4, -0.2) is 43.2 Å². The third kappa shape index (κ3) is 7.53. The summed E-state index contributed by atoms with van der Waals surface area (Å²) in [4.78, 5) is 24.5. The topological polar surface area (TPSA) is 81.9 Å². The minimum Gasteiger partial charge on any atom is -0.465 e. The van der Waals surface area contributed by atoms with E-state index in [9.17, 15) is 9.59 Å². The van der Waals surface area contributed by atoms with Crippen LogP contribution in [0.4, 0.5) is 4.79 Å². The van der Waals surface area contributed by atoms with Crippen LogP contribution in [0.3, 0.4) is 0 Å². The Balaban J connectivity index is 0.00000400. The molecule has 0 atom stereocenters. The molecule has 0 radical (unpaired) electrons. The normalized spacial score (nSPS) is 9.43. The summed E-state index contributed by atoms with van der Waals surface area (Å²) >= 11 is 0. The van der Waals surface area contributed by atoms with E-state index < -0.39 is 12.1 Å². The average molecular weight is 317 g/mol. The maximum atomic E-state index is 11.9. The first-order valence-corrected chi connectivity index (χ1v) is 6.48. The van der Waals surface area contributed by atoms with Crippen molar-refractivity contribution in [2.45, 2.75) is 13.5 Å². The van der Waals surface area contributed by atoms with Gasteiger partial charge in [-0.05, 0) is 12.5 Å². The highest BCUT2D eigenvalue weighted by Gasteiger charge is 2.18. The van der Waals surface area contributed by atoms with E-state index in [2.05, 4.69) is 0 Å². The van der Waals surface area contributed by atoms with Gasteiger partial charge in [0.1, 0.15) is 13.2 Å². The number of ether oxygens (including phenoxy) is 2. The predicted molar refractivity (Wildman–Crippen MR) is 81.1 cm³/mol. The largest absolute Gasteiger partial charge is 0.465 e.